The summed E-state index contributed by atoms with van der Waals surface area (Å²) in [7, 11) is 1.59. The van der Waals surface area contributed by atoms with Gasteiger partial charge in [-0.2, -0.15) is 4.98 Å². The van der Waals surface area contributed by atoms with Gasteiger partial charge in [0.15, 0.2) is 0 Å². The minimum atomic E-state index is -1.39. The van der Waals surface area contributed by atoms with Crippen molar-refractivity contribution in [2.24, 2.45) is 7.05 Å². The first kappa shape index (κ1) is 23.2. The standard InChI is InChI=1S/C24H27N5O5/c1-7-25-19(30)16-9-14-15(11-29(6)22(31)17(14)27-16)18-21(28-23(33-18)24(4,5)32)34-20-13(3)8-12(2)10-26-20/h8-11,27,32H,7H2,1-6H3,(H,25,30). The summed E-state index contributed by atoms with van der Waals surface area (Å²) in [5.41, 5.74) is 1.01. The highest BCUT2D eigenvalue weighted by atomic mass is 16.5. The fraction of sp³-hybridized carbons (Fsp3) is 0.333. The maximum absolute atomic E-state index is 12.8. The number of aromatic nitrogens is 4. The number of carbonyl (C=O) groups excluding carboxylic acids is 1. The van der Waals surface area contributed by atoms with Crippen LogP contribution in [-0.2, 0) is 12.6 Å². The van der Waals surface area contributed by atoms with Gasteiger partial charge >= 0.3 is 0 Å². The van der Waals surface area contributed by atoms with Crippen molar-refractivity contribution in [3.05, 3.63) is 57.6 Å². The van der Waals surface area contributed by atoms with Crippen LogP contribution in [0.2, 0.25) is 0 Å². The number of aromatic amines is 1. The van der Waals surface area contributed by atoms with Crippen LogP contribution in [-0.4, -0.2) is 37.1 Å². The number of fused-ring (bicyclic) bond motifs is 1. The molecule has 0 spiro atoms. The van der Waals surface area contributed by atoms with Gasteiger partial charge in [-0.15, -0.1) is 0 Å². The summed E-state index contributed by atoms with van der Waals surface area (Å²) >= 11 is 0. The van der Waals surface area contributed by atoms with Crippen molar-refractivity contribution in [1.82, 2.24) is 24.8 Å². The van der Waals surface area contributed by atoms with E-state index in [-0.39, 0.29) is 40.2 Å². The molecular formula is C24H27N5O5. The first-order chi connectivity index (χ1) is 16.0. The highest BCUT2D eigenvalue weighted by Gasteiger charge is 2.30. The highest BCUT2D eigenvalue weighted by molar-refractivity contribution is 6.02. The molecule has 0 unspecified atom stereocenters. The molecule has 34 heavy (non-hydrogen) atoms. The summed E-state index contributed by atoms with van der Waals surface area (Å²) in [5, 5.41) is 13.7. The van der Waals surface area contributed by atoms with Crippen molar-refractivity contribution in [3.8, 4) is 23.1 Å². The van der Waals surface area contributed by atoms with E-state index in [0.717, 1.165) is 11.1 Å². The zero-order valence-corrected chi connectivity index (χ0v) is 19.9. The number of rotatable bonds is 6. The molecule has 0 fully saturated rings. The van der Waals surface area contributed by atoms with Gasteiger partial charge in [0.1, 0.15) is 16.8 Å². The lowest BCUT2D eigenvalue weighted by atomic mass is 10.1. The number of nitrogens with one attached hydrogen (secondary N) is 2. The third-order valence-corrected chi connectivity index (χ3v) is 5.27. The number of aryl methyl sites for hydroxylation is 3. The number of carbonyl (C=O) groups is 1. The summed E-state index contributed by atoms with van der Waals surface area (Å²) in [6.45, 7) is 9.13. The van der Waals surface area contributed by atoms with E-state index in [1.54, 1.807) is 39.4 Å². The summed E-state index contributed by atoms with van der Waals surface area (Å²) in [6.07, 6.45) is 3.26. The smallest absolute Gasteiger partial charge is 0.274 e. The average molecular weight is 466 g/mol. The number of pyridine rings is 2. The summed E-state index contributed by atoms with van der Waals surface area (Å²) in [6, 6.07) is 3.51. The monoisotopic (exact) mass is 465 g/mol. The number of nitrogens with zero attached hydrogens (tertiary/aromatic N) is 3. The topological polar surface area (TPSA) is 135 Å². The number of ether oxygens (including phenoxy) is 1. The number of aliphatic hydroxyl groups is 1. The SMILES string of the molecule is CCNC(=O)c1cc2c(-c3oc(C(C)(C)O)nc3Oc3ncc(C)cc3C)cn(C)c(=O)c2[nH]1. The summed E-state index contributed by atoms with van der Waals surface area (Å²) in [4.78, 5) is 36.9. The van der Waals surface area contributed by atoms with Crippen molar-refractivity contribution in [3.63, 3.8) is 0 Å². The van der Waals surface area contributed by atoms with Crippen LogP contribution in [0.3, 0.4) is 0 Å². The molecule has 0 aliphatic carbocycles. The van der Waals surface area contributed by atoms with E-state index in [2.05, 4.69) is 20.3 Å². The molecule has 4 aromatic rings. The van der Waals surface area contributed by atoms with Crippen molar-refractivity contribution >= 4 is 16.8 Å². The quantitative estimate of drug-likeness (QED) is 0.397. The predicted octanol–water partition coefficient (Wildman–Crippen LogP) is 3.30. The van der Waals surface area contributed by atoms with Gasteiger partial charge in [0.05, 0.1) is 0 Å². The Kier molecular flexibility index (Phi) is 5.78. The van der Waals surface area contributed by atoms with E-state index < -0.39 is 5.60 Å². The number of H-pyrrole nitrogens is 1. The number of hydrogen-bond donors (Lipinski definition) is 3. The van der Waals surface area contributed by atoms with Crippen LogP contribution >= 0.6 is 0 Å². The Labute approximate surface area is 195 Å². The Morgan fingerprint density at radius 2 is 2.03 bits per heavy atom. The maximum atomic E-state index is 12.8. The Morgan fingerprint density at radius 3 is 2.68 bits per heavy atom. The van der Waals surface area contributed by atoms with Gasteiger partial charge in [-0.25, -0.2) is 4.98 Å². The van der Waals surface area contributed by atoms with Gasteiger partial charge < -0.3 is 29.1 Å². The minimum absolute atomic E-state index is 0.0313. The fourth-order valence-electron chi connectivity index (χ4n) is 3.60. The zero-order chi connectivity index (χ0) is 24.8. The molecular weight excluding hydrogens is 438 g/mol. The molecule has 4 heterocycles. The van der Waals surface area contributed by atoms with Crippen LogP contribution in [0.5, 0.6) is 11.8 Å². The van der Waals surface area contributed by atoms with Crippen molar-refractivity contribution < 1.29 is 19.1 Å². The lowest BCUT2D eigenvalue weighted by Crippen LogP contribution is -2.23. The molecule has 4 rings (SSSR count). The second-order valence-electron chi connectivity index (χ2n) is 8.74. The Bertz CT molecular complexity index is 1460. The lowest BCUT2D eigenvalue weighted by Gasteiger charge is -2.11. The number of amides is 1. The van der Waals surface area contributed by atoms with Crippen LogP contribution in [0.4, 0.5) is 0 Å². The molecule has 0 saturated heterocycles. The van der Waals surface area contributed by atoms with Crippen LogP contribution < -0.4 is 15.6 Å². The van der Waals surface area contributed by atoms with Crippen molar-refractivity contribution in [2.45, 2.75) is 40.2 Å². The normalized spacial score (nSPS) is 11.7. The van der Waals surface area contributed by atoms with Crippen LogP contribution in [0.25, 0.3) is 22.2 Å². The molecule has 10 nitrogen and oxygen atoms in total. The van der Waals surface area contributed by atoms with E-state index in [1.807, 2.05) is 26.8 Å². The van der Waals surface area contributed by atoms with E-state index in [4.69, 9.17) is 9.15 Å². The molecule has 0 aliphatic rings. The third kappa shape index (κ3) is 4.19. The van der Waals surface area contributed by atoms with Crippen molar-refractivity contribution in [1.29, 1.82) is 0 Å². The lowest BCUT2D eigenvalue weighted by molar-refractivity contribution is 0.0489. The first-order valence-corrected chi connectivity index (χ1v) is 10.8. The molecule has 0 radical (unpaired) electrons. The molecule has 0 bridgehead atoms. The van der Waals surface area contributed by atoms with Gasteiger partial charge in [0.2, 0.25) is 17.5 Å². The summed E-state index contributed by atoms with van der Waals surface area (Å²) in [5.74, 6) is 0.306. The second-order valence-corrected chi connectivity index (χ2v) is 8.74. The molecule has 0 atom stereocenters. The number of oxazole rings is 1. The van der Waals surface area contributed by atoms with E-state index in [9.17, 15) is 14.7 Å². The molecule has 10 heteroatoms. The second kappa shape index (κ2) is 8.45. The van der Waals surface area contributed by atoms with Gasteiger partial charge in [-0.05, 0) is 52.3 Å². The minimum Gasteiger partial charge on any atom is -0.433 e. The van der Waals surface area contributed by atoms with Gasteiger partial charge in [0.25, 0.3) is 17.3 Å². The molecule has 178 valence electrons. The summed E-state index contributed by atoms with van der Waals surface area (Å²) < 4.78 is 13.4. The molecule has 1 amide bonds. The highest BCUT2D eigenvalue weighted by Crippen LogP contribution is 2.39. The van der Waals surface area contributed by atoms with Crippen molar-refractivity contribution in [2.75, 3.05) is 6.54 Å². The predicted molar refractivity (Wildman–Crippen MR) is 126 cm³/mol. The van der Waals surface area contributed by atoms with E-state index in [0.29, 0.717) is 23.4 Å². The molecule has 4 aromatic heterocycles. The maximum Gasteiger partial charge on any atom is 0.274 e. The third-order valence-electron chi connectivity index (χ3n) is 5.27. The van der Waals surface area contributed by atoms with Crippen LogP contribution in [0.15, 0.2) is 33.7 Å². The Morgan fingerprint density at radius 1 is 1.29 bits per heavy atom. The molecule has 0 saturated carbocycles. The molecule has 0 aliphatic heterocycles. The van der Waals surface area contributed by atoms with E-state index >= 15 is 0 Å². The van der Waals surface area contributed by atoms with E-state index in [1.165, 1.54) is 4.57 Å². The molecule has 3 N–H and O–H groups in total. The van der Waals surface area contributed by atoms with Gasteiger partial charge in [-0.1, -0.05) is 0 Å². The average Bonchev–Trinajstić information content (AvgIpc) is 3.38. The Balaban J connectivity index is 1.95. The fourth-order valence-corrected chi connectivity index (χ4v) is 3.60. The number of hydrogen-bond acceptors (Lipinski definition) is 7. The van der Waals surface area contributed by atoms with Crippen LogP contribution in [0.1, 0.15) is 48.3 Å². The Hall–Kier alpha value is -3.92. The zero-order valence-electron chi connectivity index (χ0n) is 19.9. The van der Waals surface area contributed by atoms with Gasteiger partial charge in [-0.3, -0.25) is 9.59 Å². The van der Waals surface area contributed by atoms with Gasteiger partial charge in [0, 0.05) is 42.5 Å². The molecule has 0 aromatic carbocycles. The first-order valence-electron chi connectivity index (χ1n) is 10.8. The van der Waals surface area contributed by atoms with Crippen LogP contribution in [0, 0.1) is 13.8 Å². The largest absolute Gasteiger partial charge is 0.433 e.